The Bertz CT molecular complexity index is 585. The summed E-state index contributed by atoms with van der Waals surface area (Å²) in [6.45, 7) is 2.03. The Hall–Kier alpha value is -0.650. The monoisotopic (exact) mass is 346 g/mol. The van der Waals surface area contributed by atoms with Gasteiger partial charge in [0.15, 0.2) is 5.13 Å². The van der Waals surface area contributed by atoms with E-state index in [1.165, 1.54) is 11.3 Å². The van der Waals surface area contributed by atoms with E-state index in [0.717, 1.165) is 20.3 Å². The van der Waals surface area contributed by atoms with Gasteiger partial charge in [0, 0.05) is 16.8 Å². The Morgan fingerprint density at radius 3 is 3.06 bits per heavy atom. The molecule has 1 N–H and O–H groups in total. The van der Waals surface area contributed by atoms with Gasteiger partial charge in [0.05, 0.1) is 10.2 Å². The SMILES string of the molecule is Cc1cc(Br)c2nc(NC(=O)CCCCl)sc2c1. The Morgan fingerprint density at radius 1 is 1.56 bits per heavy atom. The number of rotatable bonds is 4. The highest BCUT2D eigenvalue weighted by molar-refractivity contribution is 9.10. The van der Waals surface area contributed by atoms with Crippen LogP contribution in [0.1, 0.15) is 18.4 Å². The molecule has 1 amide bonds. The number of alkyl halides is 1. The molecule has 0 aliphatic carbocycles. The summed E-state index contributed by atoms with van der Waals surface area (Å²) in [4.78, 5) is 16.0. The van der Waals surface area contributed by atoms with Crippen LogP contribution in [0, 0.1) is 6.92 Å². The zero-order chi connectivity index (χ0) is 13.1. The fourth-order valence-corrected chi connectivity index (χ4v) is 3.52. The largest absolute Gasteiger partial charge is 0.302 e. The maximum Gasteiger partial charge on any atom is 0.226 e. The molecule has 1 heterocycles. The van der Waals surface area contributed by atoms with Crippen molar-refractivity contribution in [3.05, 3.63) is 22.2 Å². The van der Waals surface area contributed by atoms with Gasteiger partial charge in [-0.25, -0.2) is 4.98 Å². The van der Waals surface area contributed by atoms with Crippen molar-refractivity contribution in [3.63, 3.8) is 0 Å². The lowest BCUT2D eigenvalue weighted by atomic mass is 10.2. The number of aromatic nitrogens is 1. The highest BCUT2D eigenvalue weighted by atomic mass is 79.9. The van der Waals surface area contributed by atoms with Crippen LogP contribution < -0.4 is 5.32 Å². The predicted octanol–water partition coefficient (Wildman–Crippen LogP) is 4.32. The van der Waals surface area contributed by atoms with Crippen LogP contribution in [0.25, 0.3) is 10.2 Å². The van der Waals surface area contributed by atoms with Gasteiger partial charge in [-0.2, -0.15) is 0 Å². The standard InChI is InChI=1S/C12H12BrClN2OS/c1-7-5-8(13)11-9(6-7)18-12(16-11)15-10(17)3-2-4-14/h5-6H,2-4H2,1H3,(H,15,16,17). The van der Waals surface area contributed by atoms with Crippen LogP contribution in [0.2, 0.25) is 0 Å². The molecule has 0 aliphatic rings. The number of carbonyl (C=O) groups excluding carboxylic acids is 1. The average Bonchev–Trinajstić information content (AvgIpc) is 2.69. The second kappa shape index (κ2) is 5.99. The molecule has 18 heavy (non-hydrogen) atoms. The van der Waals surface area contributed by atoms with Crippen molar-refractivity contribution in [3.8, 4) is 0 Å². The van der Waals surface area contributed by atoms with Crippen molar-refractivity contribution in [2.75, 3.05) is 11.2 Å². The highest BCUT2D eigenvalue weighted by Crippen LogP contribution is 2.32. The Morgan fingerprint density at radius 2 is 2.33 bits per heavy atom. The van der Waals surface area contributed by atoms with Gasteiger partial charge in [0.1, 0.15) is 0 Å². The maximum atomic E-state index is 11.6. The summed E-state index contributed by atoms with van der Waals surface area (Å²) in [7, 11) is 0. The third-order valence-electron chi connectivity index (χ3n) is 2.38. The first kappa shape index (κ1) is 13.8. The zero-order valence-corrected chi connectivity index (χ0v) is 13.0. The van der Waals surface area contributed by atoms with Crippen LogP contribution >= 0.6 is 38.9 Å². The third kappa shape index (κ3) is 3.22. The topological polar surface area (TPSA) is 42.0 Å². The Labute approximate surface area is 123 Å². The summed E-state index contributed by atoms with van der Waals surface area (Å²) < 4.78 is 2.02. The number of benzene rings is 1. The van der Waals surface area contributed by atoms with E-state index in [4.69, 9.17) is 11.6 Å². The normalized spacial score (nSPS) is 10.8. The van der Waals surface area contributed by atoms with Crippen LogP contribution in [0.5, 0.6) is 0 Å². The predicted molar refractivity (Wildman–Crippen MR) is 80.6 cm³/mol. The van der Waals surface area contributed by atoms with Gasteiger partial charge in [-0.15, -0.1) is 11.6 Å². The highest BCUT2D eigenvalue weighted by Gasteiger charge is 2.10. The molecule has 0 saturated heterocycles. The van der Waals surface area contributed by atoms with Crippen LogP contribution in [-0.2, 0) is 4.79 Å². The minimum absolute atomic E-state index is 0.0393. The van der Waals surface area contributed by atoms with E-state index in [1.807, 2.05) is 13.0 Å². The third-order valence-corrected chi connectivity index (χ3v) is 4.17. The van der Waals surface area contributed by atoms with Crippen molar-refractivity contribution >= 4 is 60.1 Å². The summed E-state index contributed by atoms with van der Waals surface area (Å²) >= 11 is 10.5. The molecule has 0 atom stereocenters. The van der Waals surface area contributed by atoms with Gasteiger partial charge in [-0.05, 0) is 47.0 Å². The van der Waals surface area contributed by atoms with E-state index in [-0.39, 0.29) is 5.91 Å². The maximum absolute atomic E-state index is 11.6. The molecule has 2 aromatic rings. The van der Waals surface area contributed by atoms with E-state index in [0.29, 0.717) is 23.9 Å². The Balaban J connectivity index is 2.20. The summed E-state index contributed by atoms with van der Waals surface area (Å²) in [5, 5.41) is 3.44. The first-order chi connectivity index (χ1) is 8.60. The fourth-order valence-electron chi connectivity index (χ4n) is 1.58. The number of nitrogens with zero attached hydrogens (tertiary/aromatic N) is 1. The molecule has 0 saturated carbocycles. The average molecular weight is 348 g/mol. The quantitative estimate of drug-likeness (QED) is 0.837. The molecule has 1 aromatic heterocycles. The number of aryl methyl sites for hydroxylation is 1. The van der Waals surface area contributed by atoms with E-state index >= 15 is 0 Å². The number of nitrogens with one attached hydrogen (secondary N) is 1. The van der Waals surface area contributed by atoms with Gasteiger partial charge in [-0.1, -0.05) is 11.3 Å². The lowest BCUT2D eigenvalue weighted by molar-refractivity contribution is -0.116. The van der Waals surface area contributed by atoms with Gasteiger partial charge in [0.2, 0.25) is 5.91 Å². The van der Waals surface area contributed by atoms with Crippen LogP contribution in [0.3, 0.4) is 0 Å². The second-order valence-corrected chi connectivity index (χ2v) is 6.22. The van der Waals surface area contributed by atoms with Crippen molar-refractivity contribution < 1.29 is 4.79 Å². The number of hydrogen-bond acceptors (Lipinski definition) is 3. The first-order valence-electron chi connectivity index (χ1n) is 5.52. The molecule has 1 aromatic carbocycles. The number of halogens is 2. The number of hydrogen-bond donors (Lipinski definition) is 1. The van der Waals surface area contributed by atoms with Gasteiger partial charge >= 0.3 is 0 Å². The van der Waals surface area contributed by atoms with Crippen LogP contribution in [0.15, 0.2) is 16.6 Å². The van der Waals surface area contributed by atoms with E-state index in [9.17, 15) is 4.79 Å². The second-order valence-electron chi connectivity index (χ2n) is 3.95. The van der Waals surface area contributed by atoms with Crippen LogP contribution in [0.4, 0.5) is 5.13 Å². The van der Waals surface area contributed by atoms with E-state index in [1.54, 1.807) is 0 Å². The molecule has 0 unspecified atom stereocenters. The van der Waals surface area contributed by atoms with Crippen molar-refractivity contribution in [1.29, 1.82) is 0 Å². The molecule has 2 rings (SSSR count). The lowest BCUT2D eigenvalue weighted by Gasteiger charge is -1.98. The van der Waals surface area contributed by atoms with Gasteiger partial charge in [-0.3, -0.25) is 4.79 Å². The summed E-state index contributed by atoms with van der Waals surface area (Å²) in [6, 6.07) is 4.08. The van der Waals surface area contributed by atoms with Crippen molar-refractivity contribution in [1.82, 2.24) is 4.98 Å². The number of carbonyl (C=O) groups is 1. The number of anilines is 1. The van der Waals surface area contributed by atoms with Crippen molar-refractivity contribution in [2.45, 2.75) is 19.8 Å². The number of fused-ring (bicyclic) bond motifs is 1. The minimum Gasteiger partial charge on any atom is -0.302 e. The summed E-state index contributed by atoms with van der Waals surface area (Å²) in [5.41, 5.74) is 2.05. The van der Waals surface area contributed by atoms with Gasteiger partial charge in [0.25, 0.3) is 0 Å². The fraction of sp³-hybridized carbons (Fsp3) is 0.333. The molecule has 0 fully saturated rings. The Kier molecular flexibility index (Phi) is 4.59. The lowest BCUT2D eigenvalue weighted by Crippen LogP contribution is -2.10. The molecule has 96 valence electrons. The number of thiazole rings is 1. The summed E-state index contributed by atoms with van der Waals surface area (Å²) in [5.74, 6) is 0.459. The molecule has 6 heteroatoms. The minimum atomic E-state index is -0.0393. The van der Waals surface area contributed by atoms with E-state index in [2.05, 4.69) is 32.3 Å². The molecule has 0 bridgehead atoms. The smallest absolute Gasteiger partial charge is 0.226 e. The van der Waals surface area contributed by atoms with Crippen LogP contribution in [-0.4, -0.2) is 16.8 Å². The molecular weight excluding hydrogens is 336 g/mol. The molecule has 0 spiro atoms. The summed E-state index contributed by atoms with van der Waals surface area (Å²) in [6.07, 6.45) is 1.11. The van der Waals surface area contributed by atoms with E-state index < -0.39 is 0 Å². The van der Waals surface area contributed by atoms with Crippen molar-refractivity contribution in [2.24, 2.45) is 0 Å². The number of amides is 1. The first-order valence-corrected chi connectivity index (χ1v) is 7.67. The molecular formula is C12H12BrClN2OS. The molecule has 0 radical (unpaired) electrons. The molecule has 0 aliphatic heterocycles. The zero-order valence-electron chi connectivity index (χ0n) is 9.80. The molecule has 3 nitrogen and oxygen atoms in total. The van der Waals surface area contributed by atoms with Gasteiger partial charge < -0.3 is 5.32 Å².